The fourth-order valence-corrected chi connectivity index (χ4v) is 9.27. The third-order valence-corrected chi connectivity index (χ3v) is 12.9. The molecule has 310 valence electrons. The van der Waals surface area contributed by atoms with E-state index in [9.17, 15) is 28.0 Å². The zero-order valence-electron chi connectivity index (χ0n) is 32.7. The molecule has 0 aliphatic carbocycles. The minimum absolute atomic E-state index is 0.135. The zero-order valence-corrected chi connectivity index (χ0v) is 34.2. The number of hydrogen-bond acceptors (Lipinski definition) is 9. The van der Waals surface area contributed by atoms with Crippen LogP contribution in [0.25, 0.3) is 10.9 Å². The number of ether oxygens (including phenoxy) is 1. The van der Waals surface area contributed by atoms with Crippen LogP contribution in [0.1, 0.15) is 68.7 Å². The molecule has 0 bridgehead atoms. The van der Waals surface area contributed by atoms with Crippen molar-refractivity contribution in [2.75, 3.05) is 54.9 Å². The molecular weight excluding hydrogens is 838 g/mol. The fourth-order valence-electron chi connectivity index (χ4n) is 8.68. The van der Waals surface area contributed by atoms with Gasteiger partial charge in [0.2, 0.25) is 11.8 Å². The number of carbonyl (C=O) groups is 4. The van der Waals surface area contributed by atoms with Gasteiger partial charge in [-0.1, -0.05) is 28.1 Å². The number of halogens is 3. The van der Waals surface area contributed by atoms with Crippen molar-refractivity contribution in [3.8, 4) is 0 Å². The second-order valence-corrected chi connectivity index (χ2v) is 16.6. The quantitative estimate of drug-likeness (QED) is 0.122. The smallest absolute Gasteiger partial charge is 0.258 e. The van der Waals surface area contributed by atoms with E-state index >= 15 is 0 Å². The average molecular weight is 882 g/mol. The number of nitrogens with zero attached hydrogens (tertiary/aromatic N) is 4. The van der Waals surface area contributed by atoms with E-state index in [1.54, 1.807) is 4.90 Å². The van der Waals surface area contributed by atoms with E-state index in [4.69, 9.17) is 4.74 Å². The number of piperidine rings is 1. The highest BCUT2D eigenvalue weighted by molar-refractivity contribution is 9.10. The van der Waals surface area contributed by atoms with Crippen molar-refractivity contribution in [2.45, 2.75) is 57.3 Å². The molecule has 4 aliphatic heterocycles. The van der Waals surface area contributed by atoms with Crippen molar-refractivity contribution >= 4 is 67.7 Å². The van der Waals surface area contributed by atoms with Gasteiger partial charge in [0.05, 0.1) is 11.1 Å². The van der Waals surface area contributed by atoms with Crippen molar-refractivity contribution in [1.82, 2.24) is 25.3 Å². The van der Waals surface area contributed by atoms with Crippen LogP contribution >= 0.6 is 15.9 Å². The number of anilines is 3. The highest BCUT2D eigenvalue weighted by atomic mass is 79.9. The summed E-state index contributed by atoms with van der Waals surface area (Å²) in [7, 11) is 0. The second kappa shape index (κ2) is 16.7. The number of rotatable bonds is 10. The summed E-state index contributed by atoms with van der Waals surface area (Å²) in [5.41, 5.74) is 6.70. The monoisotopic (exact) mass is 880 g/mol. The van der Waals surface area contributed by atoms with Gasteiger partial charge in [-0.2, -0.15) is 5.10 Å². The van der Waals surface area contributed by atoms with E-state index in [0.29, 0.717) is 72.6 Å². The van der Waals surface area contributed by atoms with Gasteiger partial charge in [-0.25, -0.2) is 8.78 Å². The Morgan fingerprint density at radius 2 is 1.68 bits per heavy atom. The molecule has 60 heavy (non-hydrogen) atoms. The summed E-state index contributed by atoms with van der Waals surface area (Å²) in [6.07, 6.45) is 2.46. The SMILES string of the molecule is O=C1CCC(N2Cc3c(ccc(CN4CCN(c5ccc(C(=O)Nc6n[nH]c7ccc(Cc8cc(F)cc(F)c8)cc67)c(NC6CCOCC6)c5)CC4)c3Br)C2=O)C(=O)N1. The van der Waals surface area contributed by atoms with Gasteiger partial charge < -0.3 is 25.2 Å². The first-order chi connectivity index (χ1) is 29.1. The van der Waals surface area contributed by atoms with Gasteiger partial charge in [0, 0.05) is 97.8 Å². The number of imide groups is 1. The Kier molecular flexibility index (Phi) is 11.1. The third kappa shape index (κ3) is 8.23. The predicted octanol–water partition coefficient (Wildman–Crippen LogP) is 6.12. The first-order valence-electron chi connectivity index (χ1n) is 20.2. The van der Waals surface area contributed by atoms with Crippen molar-refractivity contribution in [1.29, 1.82) is 0 Å². The van der Waals surface area contributed by atoms with E-state index in [-0.39, 0.29) is 30.2 Å². The molecule has 4 amide bonds. The van der Waals surface area contributed by atoms with Crippen molar-refractivity contribution < 1.29 is 32.7 Å². The van der Waals surface area contributed by atoms with Gasteiger partial charge in [0.15, 0.2) is 5.82 Å². The third-order valence-electron chi connectivity index (χ3n) is 11.9. The molecule has 4 aliphatic rings. The summed E-state index contributed by atoms with van der Waals surface area (Å²) in [5.74, 6) is -2.18. The van der Waals surface area contributed by atoms with Crippen LogP contribution in [0, 0.1) is 11.6 Å². The van der Waals surface area contributed by atoms with Crippen LogP contribution in [-0.4, -0.2) is 95.1 Å². The number of H-pyrrole nitrogens is 1. The minimum Gasteiger partial charge on any atom is -0.381 e. The van der Waals surface area contributed by atoms with Gasteiger partial charge in [0.1, 0.15) is 17.7 Å². The molecular formula is C44H43BrF2N8O5. The molecule has 13 nitrogen and oxygen atoms in total. The normalized spacial score (nSPS) is 18.9. The summed E-state index contributed by atoms with van der Waals surface area (Å²) in [6.45, 7) is 5.36. The lowest BCUT2D eigenvalue weighted by atomic mass is 10.0. The maximum Gasteiger partial charge on any atom is 0.258 e. The standard InChI is InChI=1S/C44H43BrF2N8O5/c45-40-27(2-4-32-35(40)24-55(44(32)59)38-7-8-39(56)49-43(38)58)23-53-11-13-54(14-12-53)31-3-5-33(37(22-31)48-30-9-15-60-16-10-30)42(57)50-41-34-20-25(1-6-36(34)51-52-41)17-26-18-28(46)21-29(47)19-26/h1-6,18-22,30,38,48H,7-17,23-24H2,(H,49,56,58)(H2,50,51,52,57). The van der Waals surface area contributed by atoms with E-state index in [0.717, 1.165) is 77.6 Å². The summed E-state index contributed by atoms with van der Waals surface area (Å²) in [4.78, 5) is 57.8. The van der Waals surface area contributed by atoms with Gasteiger partial charge >= 0.3 is 0 Å². The second-order valence-electron chi connectivity index (χ2n) is 15.8. The van der Waals surface area contributed by atoms with Crippen LogP contribution < -0.4 is 20.9 Å². The highest BCUT2D eigenvalue weighted by Gasteiger charge is 2.40. The summed E-state index contributed by atoms with van der Waals surface area (Å²) < 4.78 is 34.2. The van der Waals surface area contributed by atoms with Gasteiger partial charge in [0.25, 0.3) is 11.8 Å². The topological polar surface area (TPSA) is 152 Å². The summed E-state index contributed by atoms with van der Waals surface area (Å²) in [6, 6.07) is 18.2. The lowest BCUT2D eigenvalue weighted by Crippen LogP contribution is -2.52. The number of aromatic amines is 1. The van der Waals surface area contributed by atoms with Crippen LogP contribution in [0.4, 0.5) is 26.0 Å². The minimum atomic E-state index is -0.665. The number of aromatic nitrogens is 2. The van der Waals surface area contributed by atoms with Crippen LogP contribution in [-0.2, 0) is 33.8 Å². The summed E-state index contributed by atoms with van der Waals surface area (Å²) in [5, 5.41) is 17.0. The van der Waals surface area contributed by atoms with E-state index < -0.39 is 23.6 Å². The van der Waals surface area contributed by atoms with E-state index in [1.165, 1.54) is 12.1 Å². The Balaban J connectivity index is 0.879. The average Bonchev–Trinajstić information content (AvgIpc) is 3.79. The van der Waals surface area contributed by atoms with Gasteiger partial charge in [-0.3, -0.25) is 34.5 Å². The Morgan fingerprint density at radius 3 is 2.45 bits per heavy atom. The summed E-state index contributed by atoms with van der Waals surface area (Å²) >= 11 is 3.78. The maximum absolute atomic E-state index is 14.0. The number of hydrogen-bond donors (Lipinski definition) is 4. The number of amides is 4. The van der Waals surface area contributed by atoms with Crippen molar-refractivity contribution in [2.24, 2.45) is 0 Å². The molecule has 5 aromatic rings. The molecule has 0 spiro atoms. The first kappa shape index (κ1) is 39.7. The number of benzene rings is 4. The first-order valence-corrected chi connectivity index (χ1v) is 21.0. The Bertz CT molecular complexity index is 2500. The highest BCUT2D eigenvalue weighted by Crippen LogP contribution is 2.36. The number of nitrogens with one attached hydrogen (secondary N) is 4. The Morgan fingerprint density at radius 1 is 0.900 bits per heavy atom. The lowest BCUT2D eigenvalue weighted by Gasteiger charge is -2.37. The van der Waals surface area contributed by atoms with E-state index in [2.05, 4.69) is 51.9 Å². The molecule has 0 saturated carbocycles. The predicted molar refractivity (Wildman–Crippen MR) is 225 cm³/mol. The molecule has 1 unspecified atom stereocenters. The molecule has 9 rings (SSSR count). The van der Waals surface area contributed by atoms with Gasteiger partial charge in [-0.05, 0) is 96.5 Å². The maximum atomic E-state index is 14.0. The molecule has 1 aromatic heterocycles. The number of carbonyl (C=O) groups excluding carboxylic acids is 4. The van der Waals surface area contributed by atoms with E-state index in [1.807, 2.05) is 48.5 Å². The molecule has 5 heterocycles. The molecule has 4 aromatic carbocycles. The van der Waals surface area contributed by atoms with Crippen LogP contribution in [0.5, 0.6) is 0 Å². The number of fused-ring (bicyclic) bond motifs is 2. The molecule has 0 radical (unpaired) electrons. The van der Waals surface area contributed by atoms with Crippen molar-refractivity contribution in [3.63, 3.8) is 0 Å². The largest absolute Gasteiger partial charge is 0.381 e. The molecule has 3 fully saturated rings. The van der Waals surface area contributed by atoms with Crippen LogP contribution in [0.15, 0.2) is 71.2 Å². The van der Waals surface area contributed by atoms with Crippen LogP contribution in [0.3, 0.4) is 0 Å². The molecule has 1 atom stereocenters. The molecule has 4 N–H and O–H groups in total. The fraction of sp³-hybridized carbons (Fsp3) is 0.341. The van der Waals surface area contributed by atoms with Crippen molar-refractivity contribution in [3.05, 3.63) is 116 Å². The molecule has 16 heteroatoms. The zero-order chi connectivity index (χ0) is 41.5. The Hall–Kier alpha value is -5.71. The van der Waals surface area contributed by atoms with Gasteiger partial charge in [-0.15, -0.1) is 0 Å². The molecule has 3 saturated heterocycles. The Labute approximate surface area is 352 Å². The number of piperazine rings is 1. The van der Waals surface area contributed by atoms with Crippen LogP contribution in [0.2, 0.25) is 0 Å². The lowest BCUT2D eigenvalue weighted by molar-refractivity contribution is -0.136.